The molecule has 32 heavy (non-hydrogen) atoms. The maximum atomic E-state index is 12.2. The number of carbonyl (C=O) groups is 2. The van der Waals surface area contributed by atoms with Gasteiger partial charge in [0.15, 0.2) is 5.11 Å². The molecule has 1 aliphatic rings. The number of ether oxygens (including phenoxy) is 1. The van der Waals surface area contributed by atoms with Crippen molar-refractivity contribution in [3.63, 3.8) is 0 Å². The van der Waals surface area contributed by atoms with Crippen LogP contribution in [0.1, 0.15) is 37.3 Å². The number of rotatable bonds is 7. The number of thiocarbonyl (C=S) groups is 1. The maximum absolute atomic E-state index is 12.2. The molecule has 0 unspecified atom stereocenters. The lowest BCUT2D eigenvalue weighted by atomic mass is 9.99. The van der Waals surface area contributed by atoms with E-state index in [2.05, 4.69) is 41.2 Å². The molecule has 0 spiro atoms. The van der Waals surface area contributed by atoms with Gasteiger partial charge in [-0.2, -0.15) is 0 Å². The molecule has 0 aliphatic carbocycles. The highest BCUT2D eigenvalue weighted by atomic mass is 32.1. The molecule has 164 valence electrons. The molecule has 0 bridgehead atoms. The standard InChI is InChI=1S/C25H25N3O3S/c1-3-16(2)17-8-10-19(11-9-17)31-13-12-28-15-18(20-6-4-5-7-22(20)28)14-21-23(29)26-25(32)27-24(21)30/h4-11,14-16H,3,12-13H2,1-2H3,(H2,26,27,29,30,32)/t16-/m0/s1. The van der Waals surface area contributed by atoms with E-state index in [1.54, 1.807) is 6.08 Å². The van der Waals surface area contributed by atoms with Crippen LogP contribution in [0.5, 0.6) is 5.75 Å². The minimum Gasteiger partial charge on any atom is -0.492 e. The van der Waals surface area contributed by atoms with Crippen molar-refractivity contribution in [2.75, 3.05) is 6.61 Å². The second-order valence-corrected chi connectivity index (χ2v) is 8.23. The monoisotopic (exact) mass is 447 g/mol. The smallest absolute Gasteiger partial charge is 0.263 e. The van der Waals surface area contributed by atoms with Gasteiger partial charge in [-0.15, -0.1) is 0 Å². The molecule has 4 rings (SSSR count). The average molecular weight is 448 g/mol. The Morgan fingerprint density at radius 2 is 1.75 bits per heavy atom. The van der Waals surface area contributed by atoms with E-state index in [0.29, 0.717) is 19.1 Å². The molecule has 1 fully saturated rings. The number of fused-ring (bicyclic) bond motifs is 1. The molecular weight excluding hydrogens is 422 g/mol. The predicted molar refractivity (Wildman–Crippen MR) is 129 cm³/mol. The van der Waals surface area contributed by atoms with Crippen molar-refractivity contribution in [3.8, 4) is 5.75 Å². The summed E-state index contributed by atoms with van der Waals surface area (Å²) in [7, 11) is 0. The topological polar surface area (TPSA) is 72.4 Å². The van der Waals surface area contributed by atoms with Crippen LogP contribution in [-0.4, -0.2) is 28.1 Å². The molecular formula is C25H25N3O3S. The van der Waals surface area contributed by atoms with Gasteiger partial charge < -0.3 is 9.30 Å². The summed E-state index contributed by atoms with van der Waals surface area (Å²) >= 11 is 4.86. The molecule has 6 nitrogen and oxygen atoms in total. The Hall–Kier alpha value is -3.45. The number of hydrogen-bond donors (Lipinski definition) is 2. The summed E-state index contributed by atoms with van der Waals surface area (Å²) in [6.07, 6.45) is 4.63. The Morgan fingerprint density at radius 3 is 2.44 bits per heavy atom. The minimum atomic E-state index is -0.500. The highest BCUT2D eigenvalue weighted by Gasteiger charge is 2.26. The zero-order valence-corrected chi connectivity index (χ0v) is 18.9. The van der Waals surface area contributed by atoms with Gasteiger partial charge in [-0.3, -0.25) is 20.2 Å². The molecule has 3 aromatic rings. The van der Waals surface area contributed by atoms with Crippen molar-refractivity contribution < 1.29 is 14.3 Å². The van der Waals surface area contributed by atoms with Gasteiger partial charge in [0, 0.05) is 22.7 Å². The van der Waals surface area contributed by atoms with Gasteiger partial charge in [-0.25, -0.2) is 0 Å². The maximum Gasteiger partial charge on any atom is 0.263 e. The van der Waals surface area contributed by atoms with Gasteiger partial charge in [0.1, 0.15) is 17.9 Å². The van der Waals surface area contributed by atoms with Crippen molar-refractivity contribution in [3.05, 3.63) is 71.4 Å². The molecule has 7 heteroatoms. The van der Waals surface area contributed by atoms with Gasteiger partial charge in [-0.05, 0) is 54.4 Å². The number of hydrogen-bond acceptors (Lipinski definition) is 4. The summed E-state index contributed by atoms with van der Waals surface area (Å²) < 4.78 is 8.02. The highest BCUT2D eigenvalue weighted by molar-refractivity contribution is 7.80. The zero-order valence-electron chi connectivity index (χ0n) is 18.1. The van der Waals surface area contributed by atoms with Crippen LogP contribution in [0, 0.1) is 0 Å². The Labute approximate surface area is 192 Å². The van der Waals surface area contributed by atoms with E-state index in [0.717, 1.165) is 28.6 Å². The van der Waals surface area contributed by atoms with E-state index in [4.69, 9.17) is 17.0 Å². The number of amides is 2. The fourth-order valence-corrected chi connectivity index (χ4v) is 3.91. The molecule has 1 aliphatic heterocycles. The largest absolute Gasteiger partial charge is 0.492 e. The highest BCUT2D eigenvalue weighted by Crippen LogP contribution is 2.25. The van der Waals surface area contributed by atoms with E-state index in [-0.39, 0.29) is 10.7 Å². The fraction of sp³-hybridized carbons (Fsp3) is 0.240. The summed E-state index contributed by atoms with van der Waals surface area (Å²) in [5, 5.41) is 5.91. The second-order valence-electron chi connectivity index (χ2n) is 7.82. The van der Waals surface area contributed by atoms with Crippen molar-refractivity contribution in [1.29, 1.82) is 0 Å². The minimum absolute atomic E-state index is 0.0221. The molecule has 2 heterocycles. The van der Waals surface area contributed by atoms with Crippen LogP contribution in [0.25, 0.3) is 17.0 Å². The lowest BCUT2D eigenvalue weighted by Gasteiger charge is -2.16. The summed E-state index contributed by atoms with van der Waals surface area (Å²) in [6, 6.07) is 16.1. The van der Waals surface area contributed by atoms with Crippen LogP contribution in [0.2, 0.25) is 0 Å². The quantitative estimate of drug-likeness (QED) is 0.324. The van der Waals surface area contributed by atoms with Crippen LogP contribution in [-0.2, 0) is 16.1 Å². The van der Waals surface area contributed by atoms with Crippen LogP contribution in [0.15, 0.2) is 60.3 Å². The summed E-state index contributed by atoms with van der Waals surface area (Å²) in [4.78, 5) is 24.4. The third kappa shape index (κ3) is 4.57. The second kappa shape index (κ2) is 9.36. The molecule has 2 amide bonds. The average Bonchev–Trinajstić information content (AvgIpc) is 3.14. The first-order chi connectivity index (χ1) is 15.5. The lowest BCUT2D eigenvalue weighted by Crippen LogP contribution is -2.51. The fourth-order valence-electron chi connectivity index (χ4n) is 3.73. The first-order valence-corrected chi connectivity index (χ1v) is 11.1. The Kier molecular flexibility index (Phi) is 6.37. The van der Waals surface area contributed by atoms with Crippen LogP contribution in [0.3, 0.4) is 0 Å². The zero-order chi connectivity index (χ0) is 22.7. The van der Waals surface area contributed by atoms with Crippen LogP contribution >= 0.6 is 12.2 Å². The van der Waals surface area contributed by atoms with Crippen molar-refractivity contribution in [2.45, 2.75) is 32.7 Å². The van der Waals surface area contributed by atoms with E-state index < -0.39 is 11.8 Å². The van der Waals surface area contributed by atoms with Crippen molar-refractivity contribution in [2.24, 2.45) is 0 Å². The summed E-state index contributed by atoms with van der Waals surface area (Å²) in [5.41, 5.74) is 3.12. The number of carbonyl (C=O) groups excluding carboxylic acids is 2. The number of para-hydroxylation sites is 1. The van der Waals surface area contributed by atoms with Crippen LogP contribution < -0.4 is 15.4 Å². The van der Waals surface area contributed by atoms with Gasteiger partial charge in [0.05, 0.1) is 6.54 Å². The van der Waals surface area contributed by atoms with E-state index in [1.807, 2.05) is 42.6 Å². The first kappa shape index (κ1) is 21.8. The third-order valence-corrected chi connectivity index (χ3v) is 5.93. The Morgan fingerprint density at radius 1 is 1.06 bits per heavy atom. The molecule has 0 radical (unpaired) electrons. The van der Waals surface area contributed by atoms with E-state index in [1.165, 1.54) is 5.56 Å². The van der Waals surface area contributed by atoms with Crippen molar-refractivity contribution >= 4 is 46.1 Å². The number of aromatic nitrogens is 1. The molecule has 2 aromatic carbocycles. The lowest BCUT2D eigenvalue weighted by molar-refractivity contribution is -0.123. The number of benzene rings is 2. The van der Waals surface area contributed by atoms with Gasteiger partial charge in [0.2, 0.25) is 0 Å². The summed E-state index contributed by atoms with van der Waals surface area (Å²) in [5.74, 6) is 0.369. The SMILES string of the molecule is CC[C@H](C)c1ccc(OCCn2cc(C=C3C(=O)NC(=S)NC3=O)c3ccccc32)cc1. The van der Waals surface area contributed by atoms with Crippen LogP contribution in [0.4, 0.5) is 0 Å². The molecule has 1 atom stereocenters. The molecule has 1 saturated heterocycles. The van der Waals surface area contributed by atoms with E-state index in [9.17, 15) is 9.59 Å². The van der Waals surface area contributed by atoms with Crippen molar-refractivity contribution in [1.82, 2.24) is 15.2 Å². The number of nitrogens with one attached hydrogen (secondary N) is 2. The Balaban J connectivity index is 1.52. The first-order valence-electron chi connectivity index (χ1n) is 10.6. The Bertz CT molecular complexity index is 1190. The third-order valence-electron chi connectivity index (χ3n) is 5.73. The van der Waals surface area contributed by atoms with E-state index >= 15 is 0 Å². The molecule has 2 N–H and O–H groups in total. The summed E-state index contributed by atoms with van der Waals surface area (Å²) in [6.45, 7) is 5.52. The molecule has 1 aromatic heterocycles. The van der Waals surface area contributed by atoms with Gasteiger partial charge in [0.25, 0.3) is 11.8 Å². The van der Waals surface area contributed by atoms with Gasteiger partial charge >= 0.3 is 0 Å². The predicted octanol–water partition coefficient (Wildman–Crippen LogP) is 4.15. The normalized spacial score (nSPS) is 14.8. The molecule has 0 saturated carbocycles. The van der Waals surface area contributed by atoms with Gasteiger partial charge in [-0.1, -0.05) is 44.2 Å². The number of nitrogens with zero attached hydrogens (tertiary/aromatic N) is 1.